The van der Waals surface area contributed by atoms with E-state index in [1.165, 1.54) is 0 Å². The Bertz CT molecular complexity index is 651. The molecule has 2 aromatic rings. The Morgan fingerprint density at radius 2 is 2.04 bits per heavy atom. The number of nitrogens with one attached hydrogen (secondary N) is 1. The second kappa shape index (κ2) is 7.97. The van der Waals surface area contributed by atoms with Crippen molar-refractivity contribution in [2.45, 2.75) is 25.4 Å². The molecule has 24 heavy (non-hydrogen) atoms. The zero-order chi connectivity index (χ0) is 16.8. The second-order valence-electron chi connectivity index (χ2n) is 5.97. The van der Waals surface area contributed by atoms with Gasteiger partial charge >= 0.3 is 0 Å². The van der Waals surface area contributed by atoms with Crippen LogP contribution in [0.3, 0.4) is 0 Å². The highest BCUT2D eigenvalue weighted by Gasteiger charge is 2.21. The lowest BCUT2D eigenvalue weighted by atomic mass is 10.0. The van der Waals surface area contributed by atoms with Crippen LogP contribution in [0.15, 0.2) is 36.7 Å². The van der Waals surface area contributed by atoms with Gasteiger partial charge in [-0.1, -0.05) is 0 Å². The summed E-state index contributed by atoms with van der Waals surface area (Å²) in [4.78, 5) is 10.9. The van der Waals surface area contributed by atoms with Gasteiger partial charge in [0.2, 0.25) is 5.95 Å². The average Bonchev–Trinajstić information content (AvgIpc) is 2.63. The molecule has 1 fully saturated rings. The molecule has 1 N–H and O–H groups in total. The lowest BCUT2D eigenvalue weighted by Crippen LogP contribution is -2.41. The van der Waals surface area contributed by atoms with Crippen LogP contribution in [0.25, 0.3) is 0 Å². The van der Waals surface area contributed by atoms with E-state index in [0.717, 1.165) is 49.5 Å². The van der Waals surface area contributed by atoms with E-state index < -0.39 is 0 Å². The SMILES string of the molecule is COc1ccc(OC)c(CN2CCCC(Nc3ncccn3)C2)c1. The lowest BCUT2D eigenvalue weighted by Gasteiger charge is -2.33. The first-order valence-corrected chi connectivity index (χ1v) is 8.25. The Morgan fingerprint density at radius 3 is 2.79 bits per heavy atom. The topological polar surface area (TPSA) is 59.5 Å². The van der Waals surface area contributed by atoms with Crippen molar-refractivity contribution in [2.24, 2.45) is 0 Å². The predicted molar refractivity (Wildman–Crippen MR) is 93.5 cm³/mol. The van der Waals surface area contributed by atoms with Crippen molar-refractivity contribution < 1.29 is 9.47 Å². The maximum absolute atomic E-state index is 5.49. The highest BCUT2D eigenvalue weighted by Crippen LogP contribution is 2.26. The summed E-state index contributed by atoms with van der Waals surface area (Å²) in [5.74, 6) is 2.45. The molecule has 0 bridgehead atoms. The molecule has 1 aromatic heterocycles. The number of benzene rings is 1. The van der Waals surface area contributed by atoms with Crippen LogP contribution in [-0.2, 0) is 6.54 Å². The lowest BCUT2D eigenvalue weighted by molar-refractivity contribution is 0.205. The van der Waals surface area contributed by atoms with Crippen molar-refractivity contribution in [3.8, 4) is 11.5 Å². The van der Waals surface area contributed by atoms with E-state index in [2.05, 4.69) is 26.3 Å². The fourth-order valence-corrected chi connectivity index (χ4v) is 3.12. The number of hydrogen-bond acceptors (Lipinski definition) is 6. The molecule has 0 spiro atoms. The van der Waals surface area contributed by atoms with Gasteiger partial charge in [-0.25, -0.2) is 9.97 Å². The van der Waals surface area contributed by atoms with Gasteiger partial charge in [0.05, 0.1) is 14.2 Å². The molecule has 6 heteroatoms. The van der Waals surface area contributed by atoms with E-state index in [1.54, 1.807) is 26.6 Å². The number of anilines is 1. The van der Waals surface area contributed by atoms with Crippen molar-refractivity contribution in [1.82, 2.24) is 14.9 Å². The van der Waals surface area contributed by atoms with E-state index in [9.17, 15) is 0 Å². The van der Waals surface area contributed by atoms with Gasteiger partial charge in [0, 0.05) is 37.1 Å². The van der Waals surface area contributed by atoms with Crippen LogP contribution in [0.1, 0.15) is 18.4 Å². The first kappa shape index (κ1) is 16.5. The number of methoxy groups -OCH3 is 2. The van der Waals surface area contributed by atoms with Crippen LogP contribution >= 0.6 is 0 Å². The summed E-state index contributed by atoms with van der Waals surface area (Å²) < 4.78 is 10.8. The molecular formula is C18H24N4O2. The molecule has 1 aromatic carbocycles. The van der Waals surface area contributed by atoms with Gasteiger partial charge in [0.15, 0.2) is 0 Å². The van der Waals surface area contributed by atoms with Crippen molar-refractivity contribution in [1.29, 1.82) is 0 Å². The summed E-state index contributed by atoms with van der Waals surface area (Å²) in [6.07, 6.45) is 5.80. The molecule has 6 nitrogen and oxygen atoms in total. The fraction of sp³-hybridized carbons (Fsp3) is 0.444. The third-order valence-electron chi connectivity index (χ3n) is 4.29. The molecule has 0 amide bonds. The molecule has 0 radical (unpaired) electrons. The van der Waals surface area contributed by atoms with Gasteiger partial charge in [0.1, 0.15) is 11.5 Å². The highest BCUT2D eigenvalue weighted by atomic mass is 16.5. The third-order valence-corrected chi connectivity index (χ3v) is 4.29. The van der Waals surface area contributed by atoms with E-state index in [1.807, 2.05) is 18.2 Å². The highest BCUT2D eigenvalue weighted by molar-refractivity contribution is 5.40. The third kappa shape index (κ3) is 4.14. The number of likely N-dealkylation sites (tertiary alicyclic amines) is 1. The van der Waals surface area contributed by atoms with E-state index >= 15 is 0 Å². The standard InChI is InChI=1S/C18H24N4O2/c1-23-16-6-7-17(24-2)14(11-16)12-22-10-3-5-15(13-22)21-18-19-8-4-9-20-18/h4,6-9,11,15H,3,5,10,12-13H2,1-2H3,(H,19,20,21). The Labute approximate surface area is 142 Å². The number of aromatic nitrogens is 2. The zero-order valence-electron chi connectivity index (χ0n) is 14.2. The number of ether oxygens (including phenoxy) is 2. The molecule has 1 saturated heterocycles. The molecule has 3 rings (SSSR count). The van der Waals surface area contributed by atoms with Crippen LogP contribution in [-0.4, -0.2) is 48.2 Å². The maximum Gasteiger partial charge on any atom is 0.222 e. The molecule has 1 aliphatic rings. The number of hydrogen-bond donors (Lipinski definition) is 1. The van der Waals surface area contributed by atoms with Gasteiger partial charge in [-0.05, 0) is 43.7 Å². The summed E-state index contributed by atoms with van der Waals surface area (Å²) in [7, 11) is 3.39. The van der Waals surface area contributed by atoms with Crippen molar-refractivity contribution in [3.63, 3.8) is 0 Å². The monoisotopic (exact) mass is 328 g/mol. The van der Waals surface area contributed by atoms with Crippen LogP contribution in [0.4, 0.5) is 5.95 Å². The fourth-order valence-electron chi connectivity index (χ4n) is 3.12. The summed E-state index contributed by atoms with van der Waals surface area (Å²) >= 11 is 0. The molecule has 0 aliphatic carbocycles. The van der Waals surface area contributed by atoms with Gasteiger partial charge in [-0.2, -0.15) is 0 Å². The molecule has 2 heterocycles. The number of rotatable bonds is 6. The Hall–Kier alpha value is -2.34. The quantitative estimate of drug-likeness (QED) is 0.879. The van der Waals surface area contributed by atoms with Crippen LogP contribution in [0.5, 0.6) is 11.5 Å². The summed E-state index contributed by atoms with van der Waals surface area (Å²) in [5.41, 5.74) is 1.15. The molecular weight excluding hydrogens is 304 g/mol. The Morgan fingerprint density at radius 1 is 1.21 bits per heavy atom. The van der Waals surface area contributed by atoms with Crippen molar-refractivity contribution in [2.75, 3.05) is 32.6 Å². The minimum Gasteiger partial charge on any atom is -0.497 e. The first-order chi connectivity index (χ1) is 11.8. The minimum atomic E-state index is 0.359. The molecule has 128 valence electrons. The minimum absolute atomic E-state index is 0.359. The summed E-state index contributed by atoms with van der Waals surface area (Å²) in [6.45, 7) is 2.88. The summed E-state index contributed by atoms with van der Waals surface area (Å²) in [5, 5.41) is 3.43. The first-order valence-electron chi connectivity index (χ1n) is 8.25. The number of piperidine rings is 1. The normalized spacial score (nSPS) is 18.2. The maximum atomic E-state index is 5.49. The molecule has 1 aliphatic heterocycles. The number of nitrogens with zero attached hydrogens (tertiary/aromatic N) is 3. The average molecular weight is 328 g/mol. The molecule has 1 unspecified atom stereocenters. The van der Waals surface area contributed by atoms with E-state index in [0.29, 0.717) is 12.0 Å². The van der Waals surface area contributed by atoms with Gasteiger partial charge in [-0.15, -0.1) is 0 Å². The largest absolute Gasteiger partial charge is 0.497 e. The molecule has 0 saturated carbocycles. The second-order valence-corrected chi connectivity index (χ2v) is 5.97. The Kier molecular flexibility index (Phi) is 5.48. The van der Waals surface area contributed by atoms with Gasteiger partial charge < -0.3 is 14.8 Å². The predicted octanol–water partition coefficient (Wildman–Crippen LogP) is 2.57. The van der Waals surface area contributed by atoms with Crippen LogP contribution in [0, 0.1) is 0 Å². The van der Waals surface area contributed by atoms with Gasteiger partial charge in [-0.3, -0.25) is 4.90 Å². The van der Waals surface area contributed by atoms with Gasteiger partial charge in [0.25, 0.3) is 0 Å². The van der Waals surface area contributed by atoms with Crippen LogP contribution in [0.2, 0.25) is 0 Å². The van der Waals surface area contributed by atoms with Crippen molar-refractivity contribution in [3.05, 3.63) is 42.2 Å². The van der Waals surface area contributed by atoms with Crippen LogP contribution < -0.4 is 14.8 Å². The van der Waals surface area contributed by atoms with Crippen molar-refractivity contribution >= 4 is 5.95 Å². The Balaban J connectivity index is 1.65. The molecule has 1 atom stereocenters. The zero-order valence-corrected chi connectivity index (χ0v) is 14.2. The van der Waals surface area contributed by atoms with E-state index in [4.69, 9.17) is 9.47 Å². The van der Waals surface area contributed by atoms with E-state index in [-0.39, 0.29) is 0 Å². The summed E-state index contributed by atoms with van der Waals surface area (Å²) in [6, 6.07) is 8.13. The smallest absolute Gasteiger partial charge is 0.222 e.